The first-order valence-electron chi connectivity index (χ1n) is 3.87. The predicted octanol–water partition coefficient (Wildman–Crippen LogP) is 1.88. The summed E-state index contributed by atoms with van der Waals surface area (Å²) in [5, 5.41) is 16.2. The molecule has 0 aliphatic heterocycles. The van der Waals surface area contributed by atoms with Crippen molar-refractivity contribution in [3.63, 3.8) is 0 Å². The molecule has 6 heteroatoms. The van der Waals surface area contributed by atoms with Crippen molar-refractivity contribution in [2.45, 2.75) is 29.4 Å². The number of carboxylic acids is 1. The molecule has 1 N–H and O–H groups in total. The van der Waals surface area contributed by atoms with Gasteiger partial charge in [0.2, 0.25) is 0 Å². The molecule has 13 heavy (non-hydrogen) atoms. The lowest BCUT2D eigenvalue weighted by Crippen LogP contribution is -2.08. The van der Waals surface area contributed by atoms with E-state index in [1.54, 1.807) is 5.51 Å². The fourth-order valence-corrected chi connectivity index (χ4v) is 2.63. The number of nitrogens with zero attached hydrogens (tertiary/aromatic N) is 2. The molecule has 0 saturated carbocycles. The van der Waals surface area contributed by atoms with Gasteiger partial charge in [-0.05, 0) is 6.42 Å². The van der Waals surface area contributed by atoms with Crippen LogP contribution in [0.3, 0.4) is 0 Å². The molecule has 0 spiro atoms. The minimum Gasteiger partial charge on any atom is -0.481 e. The average Bonchev–Trinajstić information content (AvgIpc) is 2.55. The van der Waals surface area contributed by atoms with E-state index in [2.05, 4.69) is 10.2 Å². The van der Waals surface area contributed by atoms with Gasteiger partial charge in [-0.1, -0.05) is 30.0 Å². The summed E-state index contributed by atoms with van der Waals surface area (Å²) in [7, 11) is 0. The fraction of sp³-hybridized carbons (Fsp3) is 0.571. The number of aliphatic carboxylic acids is 1. The Morgan fingerprint density at radius 3 is 3.08 bits per heavy atom. The van der Waals surface area contributed by atoms with Crippen LogP contribution in [0.15, 0.2) is 9.85 Å². The van der Waals surface area contributed by atoms with Gasteiger partial charge in [-0.2, -0.15) is 0 Å². The van der Waals surface area contributed by atoms with Gasteiger partial charge in [0.25, 0.3) is 0 Å². The van der Waals surface area contributed by atoms with Gasteiger partial charge in [-0.25, -0.2) is 0 Å². The summed E-state index contributed by atoms with van der Waals surface area (Å²) in [6.07, 6.45) is 1.01. The smallest absolute Gasteiger partial charge is 0.304 e. The van der Waals surface area contributed by atoms with E-state index in [0.29, 0.717) is 0 Å². The van der Waals surface area contributed by atoms with Crippen LogP contribution in [0.1, 0.15) is 19.8 Å². The second-order valence-corrected chi connectivity index (χ2v) is 4.83. The molecular weight excluding hydrogens is 208 g/mol. The molecular formula is C7H10N2O2S2. The van der Waals surface area contributed by atoms with Crippen molar-refractivity contribution in [2.24, 2.45) is 0 Å². The van der Waals surface area contributed by atoms with Crippen LogP contribution in [0.4, 0.5) is 0 Å². The first kappa shape index (κ1) is 10.5. The van der Waals surface area contributed by atoms with Crippen LogP contribution in [-0.2, 0) is 4.79 Å². The standard InChI is InChI=1S/C7H10N2O2S2/c1-2-5(3-6(10)11)13-7-9-8-4-12-7/h4-5H,2-3H2,1H3,(H,10,11). The number of thioether (sulfide) groups is 1. The maximum absolute atomic E-state index is 10.5. The maximum atomic E-state index is 10.5. The number of rotatable bonds is 5. The molecule has 0 aliphatic rings. The zero-order valence-electron chi connectivity index (χ0n) is 7.14. The van der Waals surface area contributed by atoms with Crippen LogP contribution in [0, 0.1) is 0 Å². The lowest BCUT2D eigenvalue weighted by Gasteiger charge is -2.08. The Kier molecular flexibility index (Phi) is 4.17. The highest BCUT2D eigenvalue weighted by atomic mass is 32.2. The summed E-state index contributed by atoms with van der Waals surface area (Å²) in [6, 6.07) is 0. The van der Waals surface area contributed by atoms with Crippen molar-refractivity contribution in [3.05, 3.63) is 5.51 Å². The summed E-state index contributed by atoms with van der Waals surface area (Å²) < 4.78 is 0.841. The minimum absolute atomic E-state index is 0.102. The summed E-state index contributed by atoms with van der Waals surface area (Å²) in [6.45, 7) is 1.97. The number of carboxylic acid groups (broad SMARTS) is 1. The monoisotopic (exact) mass is 218 g/mol. The Hall–Kier alpha value is -0.620. The minimum atomic E-state index is -0.760. The molecule has 1 aromatic rings. The van der Waals surface area contributed by atoms with E-state index in [0.717, 1.165) is 10.8 Å². The van der Waals surface area contributed by atoms with Crippen LogP contribution in [0.25, 0.3) is 0 Å². The van der Waals surface area contributed by atoms with Crippen molar-refractivity contribution in [3.8, 4) is 0 Å². The van der Waals surface area contributed by atoms with Gasteiger partial charge >= 0.3 is 5.97 Å². The molecule has 1 unspecified atom stereocenters. The molecule has 1 atom stereocenters. The van der Waals surface area contributed by atoms with E-state index < -0.39 is 5.97 Å². The fourth-order valence-electron chi connectivity index (χ4n) is 0.821. The van der Waals surface area contributed by atoms with Gasteiger partial charge in [-0.15, -0.1) is 10.2 Å². The van der Waals surface area contributed by atoms with E-state index in [1.807, 2.05) is 6.92 Å². The third-order valence-corrected chi connectivity index (χ3v) is 3.64. The third kappa shape index (κ3) is 3.73. The van der Waals surface area contributed by atoms with Crippen LogP contribution in [0.5, 0.6) is 0 Å². The molecule has 1 heterocycles. The molecule has 4 nitrogen and oxygen atoms in total. The second kappa shape index (κ2) is 5.18. The molecule has 1 rings (SSSR count). The van der Waals surface area contributed by atoms with Gasteiger partial charge < -0.3 is 5.11 Å². The number of carbonyl (C=O) groups is 1. The molecule has 0 saturated heterocycles. The molecule has 1 aromatic heterocycles. The van der Waals surface area contributed by atoms with E-state index >= 15 is 0 Å². The van der Waals surface area contributed by atoms with Crippen LogP contribution < -0.4 is 0 Å². The third-order valence-electron chi connectivity index (χ3n) is 1.47. The molecule has 0 bridgehead atoms. The molecule has 0 fully saturated rings. The Bertz CT molecular complexity index is 263. The Morgan fingerprint density at radius 1 is 1.85 bits per heavy atom. The second-order valence-electron chi connectivity index (χ2n) is 2.45. The van der Waals surface area contributed by atoms with Crippen LogP contribution in [0.2, 0.25) is 0 Å². The van der Waals surface area contributed by atoms with E-state index in [4.69, 9.17) is 5.11 Å². The normalized spacial score (nSPS) is 12.7. The molecule has 0 amide bonds. The van der Waals surface area contributed by atoms with Crippen molar-refractivity contribution in [1.82, 2.24) is 10.2 Å². The van der Waals surface area contributed by atoms with E-state index in [9.17, 15) is 4.79 Å². The topological polar surface area (TPSA) is 63.1 Å². The van der Waals surface area contributed by atoms with E-state index in [-0.39, 0.29) is 11.7 Å². The molecule has 0 radical (unpaired) electrons. The van der Waals surface area contributed by atoms with Crippen molar-refractivity contribution < 1.29 is 9.90 Å². The zero-order valence-corrected chi connectivity index (χ0v) is 8.77. The number of aromatic nitrogens is 2. The lowest BCUT2D eigenvalue weighted by molar-refractivity contribution is -0.136. The highest BCUT2D eigenvalue weighted by Gasteiger charge is 2.13. The quantitative estimate of drug-likeness (QED) is 0.764. The van der Waals surface area contributed by atoms with E-state index in [1.165, 1.54) is 23.1 Å². The molecule has 0 aliphatic carbocycles. The summed E-state index contributed by atoms with van der Waals surface area (Å²) in [5.74, 6) is -0.760. The summed E-state index contributed by atoms with van der Waals surface area (Å²) in [5.41, 5.74) is 1.65. The summed E-state index contributed by atoms with van der Waals surface area (Å²) in [4.78, 5) is 10.5. The first-order valence-corrected chi connectivity index (χ1v) is 5.63. The Labute approximate surface area is 84.4 Å². The number of hydrogen-bond acceptors (Lipinski definition) is 5. The van der Waals surface area contributed by atoms with Gasteiger partial charge in [0, 0.05) is 5.25 Å². The van der Waals surface area contributed by atoms with Crippen molar-refractivity contribution in [2.75, 3.05) is 0 Å². The zero-order chi connectivity index (χ0) is 9.68. The predicted molar refractivity (Wildman–Crippen MR) is 52.1 cm³/mol. The van der Waals surface area contributed by atoms with Crippen LogP contribution in [-0.4, -0.2) is 26.5 Å². The largest absolute Gasteiger partial charge is 0.481 e. The Morgan fingerprint density at radius 2 is 2.62 bits per heavy atom. The Balaban J connectivity index is 2.45. The highest BCUT2D eigenvalue weighted by molar-refractivity contribution is 8.01. The molecule has 0 aromatic carbocycles. The first-order chi connectivity index (χ1) is 6.22. The van der Waals surface area contributed by atoms with Gasteiger partial charge in [0.15, 0.2) is 4.34 Å². The number of hydrogen-bond donors (Lipinski definition) is 1. The SMILES string of the molecule is CCC(CC(=O)O)Sc1nncs1. The van der Waals surface area contributed by atoms with Gasteiger partial charge in [0.1, 0.15) is 5.51 Å². The lowest BCUT2D eigenvalue weighted by atomic mass is 10.2. The average molecular weight is 218 g/mol. The van der Waals surface area contributed by atoms with Crippen LogP contribution >= 0.6 is 23.1 Å². The van der Waals surface area contributed by atoms with Gasteiger partial charge in [-0.3, -0.25) is 4.79 Å². The summed E-state index contributed by atoms with van der Waals surface area (Å²) >= 11 is 2.93. The maximum Gasteiger partial charge on any atom is 0.304 e. The molecule has 72 valence electrons. The van der Waals surface area contributed by atoms with Crippen molar-refractivity contribution >= 4 is 29.1 Å². The van der Waals surface area contributed by atoms with Gasteiger partial charge in [0.05, 0.1) is 6.42 Å². The van der Waals surface area contributed by atoms with Crippen molar-refractivity contribution in [1.29, 1.82) is 0 Å². The highest BCUT2D eigenvalue weighted by Crippen LogP contribution is 2.28.